The van der Waals surface area contributed by atoms with Crippen LogP contribution in [0.25, 0.3) is 0 Å². The van der Waals surface area contributed by atoms with Gasteiger partial charge in [0, 0.05) is 50.0 Å². The first kappa shape index (κ1) is 17.4. The Labute approximate surface area is 151 Å². The Kier molecular flexibility index (Phi) is 4.99. The standard InChI is InChI=1S/C18H20ClN3O3/c1-20-12-17(25-2)16(23)11-15(20)18(24)22-8-6-21(7-9-22)14-5-3-4-13(19)10-14/h3-5,10-12H,6-9H2,1-2H3. The van der Waals surface area contributed by atoms with E-state index in [1.807, 2.05) is 24.3 Å². The van der Waals surface area contributed by atoms with Crippen LogP contribution in [0.5, 0.6) is 5.75 Å². The number of benzene rings is 1. The van der Waals surface area contributed by atoms with Gasteiger partial charge >= 0.3 is 0 Å². The highest BCUT2D eigenvalue weighted by molar-refractivity contribution is 6.30. The highest BCUT2D eigenvalue weighted by atomic mass is 35.5. The average Bonchev–Trinajstić information content (AvgIpc) is 2.63. The maximum absolute atomic E-state index is 12.8. The first-order valence-corrected chi connectivity index (χ1v) is 8.42. The van der Waals surface area contributed by atoms with Gasteiger partial charge in [0.15, 0.2) is 5.75 Å². The minimum Gasteiger partial charge on any atom is -0.491 e. The van der Waals surface area contributed by atoms with Crippen molar-refractivity contribution in [3.63, 3.8) is 0 Å². The molecule has 3 rings (SSSR count). The molecule has 25 heavy (non-hydrogen) atoms. The first-order valence-electron chi connectivity index (χ1n) is 8.04. The van der Waals surface area contributed by atoms with Crippen molar-refractivity contribution >= 4 is 23.2 Å². The molecule has 2 heterocycles. The molecule has 7 heteroatoms. The third kappa shape index (κ3) is 3.64. The van der Waals surface area contributed by atoms with Crippen molar-refractivity contribution < 1.29 is 9.53 Å². The number of carbonyl (C=O) groups excluding carboxylic acids is 1. The summed E-state index contributed by atoms with van der Waals surface area (Å²) < 4.78 is 6.63. The Morgan fingerprint density at radius 1 is 1.16 bits per heavy atom. The minimum absolute atomic E-state index is 0.145. The van der Waals surface area contributed by atoms with Crippen LogP contribution in [0.15, 0.2) is 41.3 Å². The van der Waals surface area contributed by atoms with Crippen molar-refractivity contribution in [3.8, 4) is 5.75 Å². The summed E-state index contributed by atoms with van der Waals surface area (Å²) in [5, 5.41) is 0.698. The summed E-state index contributed by atoms with van der Waals surface area (Å²) in [6, 6.07) is 9.03. The lowest BCUT2D eigenvalue weighted by Crippen LogP contribution is -2.49. The summed E-state index contributed by atoms with van der Waals surface area (Å²) in [5.41, 5.74) is 1.12. The molecule has 0 bridgehead atoms. The van der Waals surface area contributed by atoms with Gasteiger partial charge in [0.2, 0.25) is 5.43 Å². The summed E-state index contributed by atoms with van der Waals surface area (Å²) in [5.74, 6) is 0.0813. The van der Waals surface area contributed by atoms with Gasteiger partial charge in [-0.15, -0.1) is 0 Å². The van der Waals surface area contributed by atoms with Crippen LogP contribution in [0.1, 0.15) is 10.5 Å². The molecule has 0 spiro atoms. The number of aryl methyl sites for hydroxylation is 1. The van der Waals surface area contributed by atoms with Crippen molar-refractivity contribution in [2.45, 2.75) is 0 Å². The lowest BCUT2D eigenvalue weighted by Gasteiger charge is -2.36. The predicted octanol–water partition coefficient (Wildman–Crippen LogP) is 2.01. The second-order valence-corrected chi connectivity index (χ2v) is 6.40. The van der Waals surface area contributed by atoms with Crippen LogP contribution in [0, 0.1) is 0 Å². The van der Waals surface area contributed by atoms with Crippen LogP contribution >= 0.6 is 11.6 Å². The van der Waals surface area contributed by atoms with Crippen LogP contribution in [0.3, 0.4) is 0 Å². The van der Waals surface area contributed by atoms with Crippen LogP contribution in [-0.2, 0) is 7.05 Å². The zero-order chi connectivity index (χ0) is 18.0. The number of anilines is 1. The Morgan fingerprint density at radius 3 is 2.52 bits per heavy atom. The van der Waals surface area contributed by atoms with Gasteiger partial charge in [0.25, 0.3) is 5.91 Å². The molecule has 0 saturated carbocycles. The first-order chi connectivity index (χ1) is 12.0. The number of aromatic nitrogens is 1. The van der Waals surface area contributed by atoms with Gasteiger partial charge in [-0.05, 0) is 18.2 Å². The molecule has 0 N–H and O–H groups in total. The molecule has 1 aliphatic heterocycles. The molecule has 1 fully saturated rings. The number of rotatable bonds is 3. The SMILES string of the molecule is COc1cn(C)c(C(=O)N2CCN(c3cccc(Cl)c3)CC2)cc1=O. The van der Waals surface area contributed by atoms with Gasteiger partial charge in [-0.3, -0.25) is 9.59 Å². The fourth-order valence-corrected chi connectivity index (χ4v) is 3.16. The molecule has 6 nitrogen and oxygen atoms in total. The van der Waals surface area contributed by atoms with Crippen LogP contribution in [0.4, 0.5) is 5.69 Å². The normalized spacial score (nSPS) is 14.5. The smallest absolute Gasteiger partial charge is 0.270 e. The molecular weight excluding hydrogens is 342 g/mol. The van der Waals surface area contributed by atoms with Crippen molar-refractivity contribution in [2.75, 3.05) is 38.2 Å². The molecule has 1 saturated heterocycles. The van der Waals surface area contributed by atoms with E-state index in [9.17, 15) is 9.59 Å². The van der Waals surface area contributed by atoms with E-state index in [1.165, 1.54) is 19.4 Å². The summed E-state index contributed by atoms with van der Waals surface area (Å²) >= 11 is 6.05. The molecule has 1 aromatic carbocycles. The Balaban J connectivity index is 1.72. The van der Waals surface area contributed by atoms with Gasteiger partial charge in [0.05, 0.1) is 13.3 Å². The number of halogens is 1. The second kappa shape index (κ2) is 7.19. The number of hydrogen-bond acceptors (Lipinski definition) is 4. The molecule has 1 aromatic heterocycles. The van der Waals surface area contributed by atoms with E-state index in [4.69, 9.17) is 16.3 Å². The molecule has 0 atom stereocenters. The maximum Gasteiger partial charge on any atom is 0.270 e. The highest BCUT2D eigenvalue weighted by Gasteiger charge is 2.24. The zero-order valence-corrected chi connectivity index (χ0v) is 15.0. The maximum atomic E-state index is 12.8. The number of ether oxygens (including phenoxy) is 1. The molecular formula is C18H20ClN3O3. The van der Waals surface area contributed by atoms with Crippen molar-refractivity contribution in [2.24, 2.45) is 7.05 Å². The van der Waals surface area contributed by atoms with E-state index in [0.29, 0.717) is 23.8 Å². The number of hydrogen-bond donors (Lipinski definition) is 0. The van der Waals surface area contributed by atoms with Crippen molar-refractivity contribution in [3.05, 3.63) is 57.5 Å². The molecule has 0 radical (unpaired) electrons. The fourth-order valence-electron chi connectivity index (χ4n) is 2.97. The number of carbonyl (C=O) groups is 1. The number of piperazine rings is 1. The highest BCUT2D eigenvalue weighted by Crippen LogP contribution is 2.21. The van der Waals surface area contributed by atoms with E-state index >= 15 is 0 Å². The summed E-state index contributed by atoms with van der Waals surface area (Å²) in [7, 11) is 3.17. The Bertz CT molecular complexity index is 842. The van der Waals surface area contributed by atoms with Crippen molar-refractivity contribution in [1.82, 2.24) is 9.47 Å². The van der Waals surface area contributed by atoms with Gasteiger partial charge < -0.3 is 19.1 Å². The van der Waals surface area contributed by atoms with Gasteiger partial charge in [0.1, 0.15) is 5.69 Å². The van der Waals surface area contributed by atoms with E-state index in [0.717, 1.165) is 18.8 Å². The van der Waals surface area contributed by atoms with E-state index < -0.39 is 0 Å². The van der Waals surface area contributed by atoms with Gasteiger partial charge in [-0.25, -0.2) is 0 Å². The quantitative estimate of drug-likeness (QED) is 0.839. The number of nitrogens with zero attached hydrogens (tertiary/aromatic N) is 3. The fraction of sp³-hybridized carbons (Fsp3) is 0.333. The molecule has 132 valence electrons. The topological polar surface area (TPSA) is 54.8 Å². The summed E-state index contributed by atoms with van der Waals surface area (Å²) in [6.45, 7) is 2.61. The monoisotopic (exact) mass is 361 g/mol. The number of methoxy groups -OCH3 is 1. The molecule has 0 unspecified atom stereocenters. The predicted molar refractivity (Wildman–Crippen MR) is 97.8 cm³/mol. The van der Waals surface area contributed by atoms with Gasteiger partial charge in [-0.1, -0.05) is 17.7 Å². The van der Waals surface area contributed by atoms with E-state index in [1.54, 1.807) is 16.5 Å². The number of pyridine rings is 1. The van der Waals surface area contributed by atoms with Crippen LogP contribution in [-0.4, -0.2) is 48.7 Å². The third-order valence-corrected chi connectivity index (χ3v) is 4.62. The minimum atomic E-state index is -0.290. The molecule has 0 aliphatic carbocycles. The zero-order valence-electron chi connectivity index (χ0n) is 14.2. The lowest BCUT2D eigenvalue weighted by atomic mass is 10.2. The van der Waals surface area contributed by atoms with Crippen LogP contribution < -0.4 is 15.1 Å². The molecule has 2 aromatic rings. The summed E-state index contributed by atoms with van der Waals surface area (Å²) in [6.07, 6.45) is 1.54. The van der Waals surface area contributed by atoms with Crippen molar-refractivity contribution in [1.29, 1.82) is 0 Å². The van der Waals surface area contributed by atoms with E-state index in [-0.39, 0.29) is 17.1 Å². The third-order valence-electron chi connectivity index (χ3n) is 4.38. The Morgan fingerprint density at radius 2 is 1.88 bits per heavy atom. The second-order valence-electron chi connectivity index (χ2n) is 5.96. The van der Waals surface area contributed by atoms with Crippen LogP contribution in [0.2, 0.25) is 5.02 Å². The van der Waals surface area contributed by atoms with Gasteiger partial charge in [-0.2, -0.15) is 0 Å². The van der Waals surface area contributed by atoms with E-state index in [2.05, 4.69) is 4.90 Å². The number of amides is 1. The Hall–Kier alpha value is -2.47. The average molecular weight is 362 g/mol. The lowest BCUT2D eigenvalue weighted by molar-refractivity contribution is 0.0736. The molecule has 1 aliphatic rings. The summed E-state index contributed by atoms with van der Waals surface area (Å²) in [4.78, 5) is 28.7. The largest absolute Gasteiger partial charge is 0.491 e. The molecule has 1 amide bonds.